The Hall–Kier alpha value is -3.19. The summed E-state index contributed by atoms with van der Waals surface area (Å²) < 4.78 is 7.40. The van der Waals surface area contributed by atoms with E-state index in [1.54, 1.807) is 0 Å². The highest BCUT2D eigenvalue weighted by Gasteiger charge is 2.36. The smallest absolute Gasteiger partial charge is 0.242 e. The maximum atomic E-state index is 13.1. The number of imidazole rings is 1. The van der Waals surface area contributed by atoms with Crippen LogP contribution in [0.2, 0.25) is 0 Å². The number of nitrogens with zero attached hydrogens (tertiary/aromatic N) is 4. The van der Waals surface area contributed by atoms with Gasteiger partial charge in [-0.2, -0.15) is 0 Å². The van der Waals surface area contributed by atoms with Gasteiger partial charge in [0.15, 0.2) is 0 Å². The molecule has 2 aliphatic heterocycles. The predicted molar refractivity (Wildman–Crippen MR) is 123 cm³/mol. The zero-order valence-electron chi connectivity index (χ0n) is 18.6. The molecular formula is C25H28N4O3. The molecule has 2 saturated heterocycles. The van der Waals surface area contributed by atoms with Gasteiger partial charge in [0, 0.05) is 37.7 Å². The summed E-state index contributed by atoms with van der Waals surface area (Å²) >= 11 is 0. The second-order valence-electron chi connectivity index (χ2n) is 8.68. The highest BCUT2D eigenvalue weighted by atomic mass is 16.5. The van der Waals surface area contributed by atoms with Gasteiger partial charge < -0.3 is 19.1 Å². The van der Waals surface area contributed by atoms with Crippen LogP contribution in [-0.4, -0.2) is 59.1 Å². The Labute approximate surface area is 187 Å². The number of anilines is 1. The van der Waals surface area contributed by atoms with Gasteiger partial charge >= 0.3 is 0 Å². The molecule has 1 unspecified atom stereocenters. The van der Waals surface area contributed by atoms with Gasteiger partial charge in [0.1, 0.15) is 12.4 Å². The van der Waals surface area contributed by atoms with Crippen LogP contribution in [0.15, 0.2) is 42.5 Å². The Bertz CT molecular complexity index is 1160. The summed E-state index contributed by atoms with van der Waals surface area (Å²) in [6.07, 6.45) is 0.392. The fourth-order valence-corrected chi connectivity index (χ4v) is 4.95. The van der Waals surface area contributed by atoms with Gasteiger partial charge in [-0.3, -0.25) is 9.59 Å². The molecule has 0 bridgehead atoms. The van der Waals surface area contributed by atoms with Crippen molar-refractivity contribution in [3.8, 4) is 0 Å². The lowest BCUT2D eigenvalue weighted by atomic mass is 10.1. The largest absolute Gasteiger partial charge is 0.378 e. The summed E-state index contributed by atoms with van der Waals surface area (Å²) in [4.78, 5) is 34.8. The van der Waals surface area contributed by atoms with Crippen LogP contribution >= 0.6 is 0 Å². The quantitative estimate of drug-likeness (QED) is 0.636. The highest BCUT2D eigenvalue weighted by Crippen LogP contribution is 2.36. The number of benzene rings is 2. The van der Waals surface area contributed by atoms with Gasteiger partial charge in [-0.15, -0.1) is 0 Å². The van der Waals surface area contributed by atoms with Crippen LogP contribution in [0, 0.1) is 13.8 Å². The number of rotatable bonds is 4. The van der Waals surface area contributed by atoms with Crippen molar-refractivity contribution >= 4 is 28.5 Å². The number of hydrogen-bond acceptors (Lipinski definition) is 4. The van der Waals surface area contributed by atoms with Gasteiger partial charge in [-0.25, -0.2) is 4.98 Å². The third kappa shape index (κ3) is 3.66. The second-order valence-corrected chi connectivity index (χ2v) is 8.68. The molecule has 166 valence electrons. The molecule has 0 saturated carbocycles. The Morgan fingerprint density at radius 1 is 1.06 bits per heavy atom. The Kier molecular flexibility index (Phi) is 5.43. The van der Waals surface area contributed by atoms with Crippen LogP contribution in [-0.2, 0) is 20.9 Å². The van der Waals surface area contributed by atoms with E-state index in [0.29, 0.717) is 39.3 Å². The van der Waals surface area contributed by atoms with Crippen LogP contribution in [0.25, 0.3) is 11.0 Å². The normalized spacial score (nSPS) is 19.2. The molecule has 2 aliphatic rings. The van der Waals surface area contributed by atoms with Crippen molar-refractivity contribution in [2.24, 2.45) is 0 Å². The zero-order valence-corrected chi connectivity index (χ0v) is 18.6. The van der Waals surface area contributed by atoms with E-state index in [-0.39, 0.29) is 24.3 Å². The predicted octanol–water partition coefficient (Wildman–Crippen LogP) is 3.03. The summed E-state index contributed by atoms with van der Waals surface area (Å²) in [7, 11) is 0. The number of carbonyl (C=O) groups excluding carboxylic acids is 2. The lowest BCUT2D eigenvalue weighted by molar-refractivity contribution is -0.135. The van der Waals surface area contributed by atoms with E-state index in [1.807, 2.05) is 70.7 Å². The summed E-state index contributed by atoms with van der Waals surface area (Å²) in [6, 6.07) is 14.0. The van der Waals surface area contributed by atoms with Crippen molar-refractivity contribution in [2.45, 2.75) is 32.7 Å². The van der Waals surface area contributed by atoms with Crippen molar-refractivity contribution in [1.82, 2.24) is 14.5 Å². The molecule has 0 spiro atoms. The van der Waals surface area contributed by atoms with Crippen LogP contribution in [0.4, 0.5) is 5.69 Å². The van der Waals surface area contributed by atoms with Crippen molar-refractivity contribution in [1.29, 1.82) is 0 Å². The van der Waals surface area contributed by atoms with E-state index >= 15 is 0 Å². The van der Waals surface area contributed by atoms with Gasteiger partial charge in [0.25, 0.3) is 0 Å². The lowest BCUT2D eigenvalue weighted by Gasteiger charge is -2.27. The lowest BCUT2D eigenvalue weighted by Crippen LogP contribution is -2.42. The number of hydrogen-bond donors (Lipinski definition) is 0. The molecule has 2 amide bonds. The number of aryl methyl sites for hydroxylation is 2. The third-order valence-corrected chi connectivity index (χ3v) is 6.54. The van der Waals surface area contributed by atoms with E-state index in [1.165, 1.54) is 0 Å². The van der Waals surface area contributed by atoms with E-state index < -0.39 is 0 Å². The van der Waals surface area contributed by atoms with Gasteiger partial charge in [-0.05, 0) is 37.1 Å². The molecule has 32 heavy (non-hydrogen) atoms. The van der Waals surface area contributed by atoms with Gasteiger partial charge in [-0.1, -0.05) is 30.3 Å². The minimum absolute atomic E-state index is 0.0635. The topological polar surface area (TPSA) is 67.7 Å². The van der Waals surface area contributed by atoms with E-state index in [9.17, 15) is 9.59 Å². The van der Waals surface area contributed by atoms with Gasteiger partial charge in [0.05, 0.1) is 24.2 Å². The molecule has 3 heterocycles. The first kappa shape index (κ1) is 20.7. The summed E-state index contributed by atoms with van der Waals surface area (Å²) in [5, 5.41) is 0. The van der Waals surface area contributed by atoms with Crippen molar-refractivity contribution in [3.63, 3.8) is 0 Å². The molecule has 5 rings (SSSR count). The maximum absolute atomic E-state index is 13.1. The number of morpholine rings is 1. The maximum Gasteiger partial charge on any atom is 0.242 e. The van der Waals surface area contributed by atoms with Crippen molar-refractivity contribution in [3.05, 3.63) is 59.4 Å². The number of para-hydroxylation sites is 3. The molecular weight excluding hydrogens is 404 g/mol. The molecule has 2 aromatic carbocycles. The summed E-state index contributed by atoms with van der Waals surface area (Å²) in [5.41, 5.74) is 4.97. The number of aromatic nitrogens is 2. The molecule has 0 radical (unpaired) electrons. The first-order valence-corrected chi connectivity index (χ1v) is 11.2. The molecule has 0 aliphatic carbocycles. The number of carbonyl (C=O) groups is 2. The van der Waals surface area contributed by atoms with Gasteiger partial charge in [0.2, 0.25) is 11.8 Å². The number of fused-ring (bicyclic) bond motifs is 1. The molecule has 1 atom stereocenters. The fourth-order valence-electron chi connectivity index (χ4n) is 4.95. The number of amides is 2. The molecule has 1 aromatic heterocycles. The van der Waals surface area contributed by atoms with Crippen molar-refractivity contribution < 1.29 is 14.3 Å². The SMILES string of the molecule is Cc1cccc(C)c1N1CC(c2nc3ccccc3n2CC(=O)N2CCOCC2)CC1=O. The molecule has 7 heteroatoms. The third-order valence-electron chi connectivity index (χ3n) is 6.54. The van der Waals surface area contributed by atoms with Crippen LogP contribution in [0.1, 0.15) is 29.3 Å². The van der Waals surface area contributed by atoms with Crippen LogP contribution in [0.5, 0.6) is 0 Å². The Morgan fingerprint density at radius 2 is 1.78 bits per heavy atom. The molecule has 3 aromatic rings. The average molecular weight is 433 g/mol. The van der Waals surface area contributed by atoms with Crippen molar-refractivity contribution in [2.75, 3.05) is 37.7 Å². The standard InChI is InChI=1S/C25H28N4O3/c1-17-6-5-7-18(2)24(17)29-15-19(14-22(29)30)25-26-20-8-3-4-9-21(20)28(25)16-23(31)27-10-12-32-13-11-27/h3-9,19H,10-16H2,1-2H3. The fraction of sp³-hybridized carbons (Fsp3) is 0.400. The molecule has 2 fully saturated rings. The molecule has 0 N–H and O–H groups in total. The Balaban J connectivity index is 1.48. The molecule has 7 nitrogen and oxygen atoms in total. The minimum Gasteiger partial charge on any atom is -0.378 e. The summed E-state index contributed by atoms with van der Waals surface area (Å²) in [6.45, 7) is 7.25. The van der Waals surface area contributed by atoms with Crippen LogP contribution < -0.4 is 4.90 Å². The van der Waals surface area contributed by atoms with Crippen LogP contribution in [0.3, 0.4) is 0 Å². The Morgan fingerprint density at radius 3 is 2.53 bits per heavy atom. The monoisotopic (exact) mass is 432 g/mol. The van der Waals surface area contributed by atoms with E-state index in [2.05, 4.69) is 0 Å². The zero-order chi connectivity index (χ0) is 22.2. The second kappa shape index (κ2) is 8.39. The first-order chi connectivity index (χ1) is 15.5. The highest BCUT2D eigenvalue weighted by molar-refractivity contribution is 5.98. The van der Waals surface area contributed by atoms with E-state index in [4.69, 9.17) is 9.72 Å². The first-order valence-electron chi connectivity index (χ1n) is 11.2. The average Bonchev–Trinajstić information content (AvgIpc) is 3.35. The minimum atomic E-state index is -0.0635. The van der Waals surface area contributed by atoms with E-state index in [0.717, 1.165) is 33.7 Å². The summed E-state index contributed by atoms with van der Waals surface area (Å²) in [5.74, 6) is 0.917. The number of ether oxygens (including phenoxy) is 1.